The zero-order chi connectivity index (χ0) is 12.6. The van der Waals surface area contributed by atoms with Crippen LogP contribution in [-0.2, 0) is 14.8 Å². The van der Waals surface area contributed by atoms with E-state index in [9.17, 15) is 13.2 Å². The fourth-order valence-corrected chi connectivity index (χ4v) is 5.08. The van der Waals surface area contributed by atoms with Crippen LogP contribution in [0.15, 0.2) is 0 Å². The van der Waals surface area contributed by atoms with E-state index in [2.05, 4.69) is 0 Å². The van der Waals surface area contributed by atoms with Gasteiger partial charge in [-0.05, 0) is 31.6 Å². The highest BCUT2D eigenvalue weighted by Crippen LogP contribution is 2.32. The predicted molar refractivity (Wildman–Crippen MR) is 63.0 cm³/mol. The minimum Gasteiger partial charge on any atom is -0.481 e. The summed E-state index contributed by atoms with van der Waals surface area (Å²) in [5.74, 6) is -0.599. The normalized spacial score (nSPS) is 38.1. The largest absolute Gasteiger partial charge is 0.481 e. The smallest absolute Gasteiger partial charge is 0.306 e. The van der Waals surface area contributed by atoms with E-state index in [4.69, 9.17) is 5.11 Å². The molecule has 1 heterocycles. The molecule has 0 aromatic heterocycles. The first kappa shape index (κ1) is 12.8. The summed E-state index contributed by atoms with van der Waals surface area (Å²) in [5.41, 5.74) is 0. The van der Waals surface area contributed by atoms with E-state index < -0.39 is 16.0 Å². The molecule has 1 saturated heterocycles. The highest BCUT2D eigenvalue weighted by Gasteiger charge is 2.40. The maximum Gasteiger partial charge on any atom is 0.306 e. The Labute approximate surface area is 102 Å². The Balaban J connectivity index is 2.00. The summed E-state index contributed by atoms with van der Waals surface area (Å²) in [5, 5.41) is 8.90. The number of nitrogens with zero attached hydrogens (tertiary/aromatic N) is 1. The van der Waals surface area contributed by atoms with Crippen LogP contribution < -0.4 is 0 Å². The molecule has 2 fully saturated rings. The molecule has 0 aromatic rings. The van der Waals surface area contributed by atoms with Crippen LogP contribution >= 0.6 is 0 Å². The number of carboxylic acid groups (broad SMARTS) is 1. The van der Waals surface area contributed by atoms with Gasteiger partial charge in [-0.1, -0.05) is 6.92 Å². The van der Waals surface area contributed by atoms with Crippen molar-refractivity contribution < 1.29 is 18.3 Å². The SMILES string of the molecule is CC1CN(C2CCC(C(=O)O)CC2)S(=O)(=O)C1. The van der Waals surface area contributed by atoms with Crippen LogP contribution in [0.4, 0.5) is 0 Å². The Morgan fingerprint density at radius 2 is 1.82 bits per heavy atom. The second-order valence-corrected chi connectivity index (χ2v) is 7.26. The second-order valence-electron chi connectivity index (χ2n) is 5.30. The molecule has 1 saturated carbocycles. The average Bonchev–Trinajstić information content (AvgIpc) is 2.52. The molecule has 1 aliphatic carbocycles. The lowest BCUT2D eigenvalue weighted by Gasteiger charge is -2.32. The van der Waals surface area contributed by atoms with Crippen LogP contribution in [0.25, 0.3) is 0 Å². The molecule has 2 aliphatic rings. The molecule has 6 heteroatoms. The molecule has 0 radical (unpaired) electrons. The van der Waals surface area contributed by atoms with Crippen molar-refractivity contribution in [1.82, 2.24) is 4.31 Å². The van der Waals surface area contributed by atoms with E-state index in [-0.39, 0.29) is 23.6 Å². The van der Waals surface area contributed by atoms with Crippen molar-refractivity contribution in [2.24, 2.45) is 11.8 Å². The van der Waals surface area contributed by atoms with Gasteiger partial charge in [0.15, 0.2) is 0 Å². The third-order valence-electron chi connectivity index (χ3n) is 3.80. The monoisotopic (exact) mass is 261 g/mol. The first-order valence-corrected chi connectivity index (χ1v) is 7.73. The Hall–Kier alpha value is -0.620. The molecular formula is C11H19NO4S. The quantitative estimate of drug-likeness (QED) is 0.801. The van der Waals surface area contributed by atoms with Gasteiger partial charge in [-0.15, -0.1) is 0 Å². The molecule has 17 heavy (non-hydrogen) atoms. The summed E-state index contributed by atoms with van der Waals surface area (Å²) < 4.78 is 25.4. The number of carboxylic acids is 1. The summed E-state index contributed by atoms with van der Waals surface area (Å²) >= 11 is 0. The molecule has 1 atom stereocenters. The molecular weight excluding hydrogens is 242 g/mol. The van der Waals surface area contributed by atoms with Crippen molar-refractivity contribution in [3.8, 4) is 0 Å². The lowest BCUT2D eigenvalue weighted by atomic mass is 9.86. The van der Waals surface area contributed by atoms with Crippen molar-refractivity contribution in [3.05, 3.63) is 0 Å². The zero-order valence-corrected chi connectivity index (χ0v) is 10.8. The van der Waals surface area contributed by atoms with Crippen molar-refractivity contribution in [3.63, 3.8) is 0 Å². The third kappa shape index (κ3) is 2.63. The van der Waals surface area contributed by atoms with E-state index >= 15 is 0 Å². The summed E-state index contributed by atoms with van der Waals surface area (Å²) in [6.07, 6.45) is 2.56. The Morgan fingerprint density at radius 1 is 1.24 bits per heavy atom. The van der Waals surface area contributed by atoms with Gasteiger partial charge in [0.1, 0.15) is 0 Å². The Bertz CT molecular complexity index is 398. The molecule has 1 aliphatic heterocycles. The van der Waals surface area contributed by atoms with Crippen LogP contribution in [0.5, 0.6) is 0 Å². The van der Waals surface area contributed by atoms with Crippen LogP contribution in [0, 0.1) is 11.8 Å². The van der Waals surface area contributed by atoms with E-state index in [0.717, 1.165) is 0 Å². The Morgan fingerprint density at radius 3 is 2.24 bits per heavy atom. The molecule has 5 nitrogen and oxygen atoms in total. The minimum atomic E-state index is -3.09. The van der Waals surface area contributed by atoms with Gasteiger partial charge in [-0.3, -0.25) is 4.79 Å². The molecule has 0 bridgehead atoms. The summed E-state index contributed by atoms with van der Waals surface area (Å²) in [6, 6.07) is 0.0283. The summed E-state index contributed by atoms with van der Waals surface area (Å²) in [4.78, 5) is 10.8. The lowest BCUT2D eigenvalue weighted by Crippen LogP contribution is -2.40. The van der Waals surface area contributed by atoms with Crippen LogP contribution in [-0.4, -0.2) is 42.1 Å². The molecule has 98 valence electrons. The first-order chi connectivity index (χ1) is 7.90. The molecule has 0 aromatic carbocycles. The standard InChI is InChI=1S/C11H19NO4S/c1-8-6-12(17(15,16)7-8)10-4-2-9(3-5-10)11(13)14/h8-10H,2-7H2,1H3,(H,13,14). The number of aliphatic carboxylic acids is 1. The third-order valence-corrected chi connectivity index (χ3v) is 5.95. The average molecular weight is 261 g/mol. The Kier molecular flexibility index (Phi) is 3.45. The van der Waals surface area contributed by atoms with E-state index in [1.807, 2.05) is 6.92 Å². The van der Waals surface area contributed by atoms with E-state index in [1.54, 1.807) is 4.31 Å². The predicted octanol–water partition coefficient (Wildman–Crippen LogP) is 0.911. The number of sulfonamides is 1. The van der Waals surface area contributed by atoms with Gasteiger partial charge in [0.2, 0.25) is 10.0 Å². The fraction of sp³-hybridized carbons (Fsp3) is 0.909. The van der Waals surface area contributed by atoms with Gasteiger partial charge < -0.3 is 5.11 Å². The van der Waals surface area contributed by atoms with E-state index in [0.29, 0.717) is 32.2 Å². The van der Waals surface area contributed by atoms with Gasteiger partial charge >= 0.3 is 5.97 Å². The van der Waals surface area contributed by atoms with Crippen LogP contribution in [0.2, 0.25) is 0 Å². The number of carbonyl (C=O) groups is 1. The maximum atomic E-state index is 11.9. The molecule has 1 unspecified atom stereocenters. The highest BCUT2D eigenvalue weighted by molar-refractivity contribution is 7.89. The van der Waals surface area contributed by atoms with Crippen molar-refractivity contribution >= 4 is 16.0 Å². The van der Waals surface area contributed by atoms with Crippen LogP contribution in [0.3, 0.4) is 0 Å². The van der Waals surface area contributed by atoms with Crippen molar-refractivity contribution in [2.45, 2.75) is 38.6 Å². The van der Waals surface area contributed by atoms with Gasteiger partial charge in [-0.2, -0.15) is 4.31 Å². The molecule has 2 rings (SSSR count). The van der Waals surface area contributed by atoms with Gasteiger partial charge in [0.25, 0.3) is 0 Å². The summed E-state index contributed by atoms with van der Waals surface area (Å²) in [7, 11) is -3.09. The maximum absolute atomic E-state index is 11.9. The number of rotatable bonds is 2. The first-order valence-electron chi connectivity index (χ1n) is 6.12. The zero-order valence-electron chi connectivity index (χ0n) is 10.0. The molecule has 1 N–H and O–H groups in total. The fourth-order valence-electron chi connectivity index (χ4n) is 2.92. The summed E-state index contributed by atoms with van der Waals surface area (Å²) in [6.45, 7) is 2.55. The molecule has 0 spiro atoms. The van der Waals surface area contributed by atoms with Gasteiger partial charge in [-0.25, -0.2) is 8.42 Å². The van der Waals surface area contributed by atoms with Gasteiger partial charge in [0.05, 0.1) is 11.7 Å². The van der Waals surface area contributed by atoms with Crippen molar-refractivity contribution in [1.29, 1.82) is 0 Å². The van der Waals surface area contributed by atoms with Crippen molar-refractivity contribution in [2.75, 3.05) is 12.3 Å². The second kappa shape index (κ2) is 4.57. The van der Waals surface area contributed by atoms with Crippen LogP contribution in [0.1, 0.15) is 32.6 Å². The highest BCUT2D eigenvalue weighted by atomic mass is 32.2. The minimum absolute atomic E-state index is 0.0283. The topological polar surface area (TPSA) is 74.7 Å². The van der Waals surface area contributed by atoms with E-state index in [1.165, 1.54) is 0 Å². The lowest BCUT2D eigenvalue weighted by molar-refractivity contribution is -0.143. The number of hydrogen-bond acceptors (Lipinski definition) is 3. The molecule has 0 amide bonds. The number of hydrogen-bond donors (Lipinski definition) is 1. The van der Waals surface area contributed by atoms with Gasteiger partial charge in [0, 0.05) is 12.6 Å².